The summed E-state index contributed by atoms with van der Waals surface area (Å²) >= 11 is 0. The molecule has 2 heterocycles. The van der Waals surface area contributed by atoms with Crippen LogP contribution in [0.3, 0.4) is 0 Å². The minimum Gasteiger partial charge on any atom is -0.508 e. The smallest absolute Gasteiger partial charge is 0.418 e. The van der Waals surface area contributed by atoms with E-state index >= 15 is 0 Å². The molecule has 1 amide bonds. The second kappa shape index (κ2) is 8.02. The minimum absolute atomic E-state index is 0.00728. The van der Waals surface area contributed by atoms with Crippen LogP contribution in [0.25, 0.3) is 0 Å². The average Bonchev–Trinajstić information content (AvgIpc) is 3.48. The number of carbonyl (C=O) groups is 1. The van der Waals surface area contributed by atoms with Crippen LogP contribution in [0.5, 0.6) is 5.75 Å². The molecule has 1 aliphatic carbocycles. The van der Waals surface area contributed by atoms with E-state index in [9.17, 15) is 23.1 Å². The van der Waals surface area contributed by atoms with Gasteiger partial charge in [0.25, 0.3) is 0 Å². The van der Waals surface area contributed by atoms with Crippen LogP contribution in [0, 0.1) is 5.41 Å². The number of hydrogen-bond donors (Lipinski definition) is 1. The highest BCUT2D eigenvalue weighted by atomic mass is 19.4. The van der Waals surface area contributed by atoms with Crippen LogP contribution in [0.4, 0.5) is 18.9 Å². The average molecular weight is 461 g/mol. The van der Waals surface area contributed by atoms with Crippen molar-refractivity contribution in [1.29, 1.82) is 0 Å². The fraction of sp³-hybridized carbons (Fsp3) is 0.480. The van der Waals surface area contributed by atoms with Crippen LogP contribution >= 0.6 is 0 Å². The maximum Gasteiger partial charge on any atom is 0.418 e. The van der Waals surface area contributed by atoms with Gasteiger partial charge in [-0.2, -0.15) is 13.2 Å². The first kappa shape index (κ1) is 22.2. The second-order valence-electron chi connectivity index (χ2n) is 9.45. The predicted octanol–water partition coefficient (Wildman–Crippen LogP) is 5.28. The second-order valence-corrected chi connectivity index (χ2v) is 9.45. The summed E-state index contributed by atoms with van der Waals surface area (Å²) < 4.78 is 51.9. The normalized spacial score (nSPS) is 28.0. The van der Waals surface area contributed by atoms with Gasteiger partial charge in [0.2, 0.25) is 5.91 Å². The van der Waals surface area contributed by atoms with Gasteiger partial charge in [-0.25, -0.2) is 0 Å². The fourth-order valence-corrected chi connectivity index (χ4v) is 5.09. The van der Waals surface area contributed by atoms with Gasteiger partial charge in [-0.3, -0.25) is 4.79 Å². The van der Waals surface area contributed by atoms with E-state index in [-0.39, 0.29) is 34.8 Å². The first-order valence-electron chi connectivity index (χ1n) is 11.2. The maximum atomic E-state index is 13.7. The molecular formula is C25H26F3NO4. The van der Waals surface area contributed by atoms with E-state index in [1.807, 2.05) is 0 Å². The largest absolute Gasteiger partial charge is 0.508 e. The van der Waals surface area contributed by atoms with Crippen molar-refractivity contribution in [3.8, 4) is 5.75 Å². The molecule has 1 unspecified atom stereocenters. The van der Waals surface area contributed by atoms with Gasteiger partial charge < -0.3 is 19.5 Å². The number of aromatic hydroxyl groups is 1. The Hall–Kier alpha value is -2.58. The molecule has 2 aliphatic heterocycles. The van der Waals surface area contributed by atoms with Crippen molar-refractivity contribution in [1.82, 2.24) is 0 Å². The van der Waals surface area contributed by atoms with Crippen LogP contribution in [0.2, 0.25) is 0 Å². The number of alkyl halides is 3. The third-order valence-electron chi connectivity index (χ3n) is 7.34. The zero-order chi connectivity index (χ0) is 23.3. The van der Waals surface area contributed by atoms with Gasteiger partial charge in [-0.05, 0) is 67.5 Å². The number of phenolic OH excluding ortho intramolecular Hbond substituents is 1. The monoisotopic (exact) mass is 461 g/mol. The summed E-state index contributed by atoms with van der Waals surface area (Å²) in [5, 5.41) is 9.33. The number of ether oxygens (including phenoxy) is 2. The summed E-state index contributed by atoms with van der Waals surface area (Å²) in [6, 6.07) is 11.8. The third-order valence-corrected chi connectivity index (χ3v) is 7.34. The summed E-state index contributed by atoms with van der Waals surface area (Å²) in [6.07, 6.45) is -2.49. The Morgan fingerprint density at radius 1 is 1.00 bits per heavy atom. The molecule has 0 aromatic heterocycles. The number of amides is 1. The van der Waals surface area contributed by atoms with Crippen molar-refractivity contribution < 1.29 is 32.5 Å². The van der Waals surface area contributed by atoms with Crippen LogP contribution in [0.1, 0.15) is 49.3 Å². The van der Waals surface area contributed by atoms with E-state index in [4.69, 9.17) is 9.47 Å². The fourth-order valence-electron chi connectivity index (χ4n) is 5.09. The lowest BCUT2D eigenvalue weighted by Gasteiger charge is -2.34. The molecule has 3 aliphatic rings. The van der Waals surface area contributed by atoms with Gasteiger partial charge in [0.15, 0.2) is 6.10 Å². The van der Waals surface area contributed by atoms with E-state index in [1.165, 1.54) is 36.4 Å². The van der Waals surface area contributed by atoms with Gasteiger partial charge in [-0.15, -0.1) is 0 Å². The van der Waals surface area contributed by atoms with Crippen molar-refractivity contribution in [2.75, 3.05) is 18.1 Å². The van der Waals surface area contributed by atoms with Crippen LogP contribution in [0.15, 0.2) is 48.5 Å². The summed E-state index contributed by atoms with van der Waals surface area (Å²) in [5.41, 5.74) is 0.766. The number of carbonyl (C=O) groups excluding carboxylic acids is 1. The molecule has 1 saturated carbocycles. The Morgan fingerprint density at radius 3 is 2.21 bits per heavy atom. The molecule has 3 fully saturated rings. The molecule has 0 radical (unpaired) electrons. The highest BCUT2D eigenvalue weighted by molar-refractivity contribution is 6.00. The third kappa shape index (κ3) is 4.34. The maximum absolute atomic E-state index is 13.7. The standard InChI is InChI=1S/C25H26F3NO4/c26-25(27,28)21(32-15-17-1-7-20(30)8-2-17)18-3-5-19(6-4-18)29-14-13-23(22(29)31)9-11-24(12-10-23)16-33-24/h1-8,21,30H,9-16H2. The summed E-state index contributed by atoms with van der Waals surface area (Å²) in [4.78, 5) is 14.9. The van der Waals surface area contributed by atoms with Gasteiger partial charge in [0, 0.05) is 12.2 Å². The topological polar surface area (TPSA) is 62.3 Å². The molecule has 0 bridgehead atoms. The number of halogens is 3. The molecule has 1 atom stereocenters. The Kier molecular flexibility index (Phi) is 5.40. The molecule has 2 aromatic rings. The predicted molar refractivity (Wildman–Crippen MR) is 115 cm³/mol. The SMILES string of the molecule is O=C1N(c2ccc(C(OCc3ccc(O)cc3)C(F)(F)F)cc2)CCC12CCC1(CC2)CO1. The number of benzene rings is 2. The highest BCUT2D eigenvalue weighted by Gasteiger charge is 2.56. The number of epoxide rings is 1. The van der Waals surface area contributed by atoms with E-state index in [2.05, 4.69) is 0 Å². The minimum atomic E-state index is -4.59. The molecule has 8 heteroatoms. The van der Waals surface area contributed by atoms with Crippen molar-refractivity contribution in [3.63, 3.8) is 0 Å². The molecule has 2 spiro atoms. The molecule has 2 saturated heterocycles. The summed E-state index contributed by atoms with van der Waals surface area (Å²) in [6.45, 7) is 1.12. The van der Waals surface area contributed by atoms with Crippen LogP contribution in [-0.4, -0.2) is 35.9 Å². The number of rotatable bonds is 5. The lowest BCUT2D eigenvalue weighted by Crippen LogP contribution is -2.39. The first-order chi connectivity index (χ1) is 15.7. The Morgan fingerprint density at radius 2 is 1.64 bits per heavy atom. The van der Waals surface area contributed by atoms with Crippen LogP contribution < -0.4 is 4.90 Å². The number of phenols is 1. The van der Waals surface area contributed by atoms with Gasteiger partial charge in [-0.1, -0.05) is 24.3 Å². The van der Waals surface area contributed by atoms with Crippen LogP contribution in [-0.2, 0) is 20.9 Å². The first-order valence-corrected chi connectivity index (χ1v) is 11.2. The van der Waals surface area contributed by atoms with Crippen molar-refractivity contribution >= 4 is 11.6 Å². The highest BCUT2D eigenvalue weighted by Crippen LogP contribution is 2.53. The number of nitrogens with zero attached hydrogens (tertiary/aromatic N) is 1. The van der Waals surface area contributed by atoms with E-state index in [0.29, 0.717) is 17.8 Å². The van der Waals surface area contributed by atoms with E-state index < -0.39 is 12.3 Å². The molecule has 176 valence electrons. The Balaban J connectivity index is 1.28. The van der Waals surface area contributed by atoms with Crippen molar-refractivity contribution in [2.24, 2.45) is 5.41 Å². The van der Waals surface area contributed by atoms with E-state index in [0.717, 1.165) is 38.7 Å². The molecule has 5 nitrogen and oxygen atoms in total. The summed E-state index contributed by atoms with van der Waals surface area (Å²) in [5.74, 6) is 0.107. The molecule has 5 rings (SSSR count). The molecule has 2 aromatic carbocycles. The van der Waals surface area contributed by atoms with Crippen molar-refractivity contribution in [2.45, 2.75) is 56.6 Å². The molecule has 1 N–H and O–H groups in total. The Bertz CT molecular complexity index is 1010. The van der Waals surface area contributed by atoms with Crippen molar-refractivity contribution in [3.05, 3.63) is 59.7 Å². The molecule has 33 heavy (non-hydrogen) atoms. The number of anilines is 1. The zero-order valence-corrected chi connectivity index (χ0v) is 18.1. The Labute approximate surface area is 190 Å². The quantitative estimate of drug-likeness (QED) is 0.616. The van der Waals surface area contributed by atoms with E-state index in [1.54, 1.807) is 17.0 Å². The van der Waals surface area contributed by atoms with Gasteiger partial charge >= 0.3 is 6.18 Å². The lowest BCUT2D eigenvalue weighted by molar-refractivity contribution is -0.227. The summed E-state index contributed by atoms with van der Waals surface area (Å²) in [7, 11) is 0. The van der Waals surface area contributed by atoms with Gasteiger partial charge in [0.1, 0.15) is 5.75 Å². The lowest BCUT2D eigenvalue weighted by atomic mass is 9.69. The molecular weight excluding hydrogens is 435 g/mol. The van der Waals surface area contributed by atoms with Gasteiger partial charge in [0.05, 0.1) is 24.2 Å². The zero-order valence-electron chi connectivity index (χ0n) is 18.1. The number of hydrogen-bond acceptors (Lipinski definition) is 4.